The Kier molecular flexibility index (Phi) is 4.07. The Hall–Kier alpha value is -2.48. The molecule has 2 aromatic heterocycles. The van der Waals surface area contributed by atoms with Crippen LogP contribution in [0.5, 0.6) is 0 Å². The Morgan fingerprint density at radius 1 is 1.15 bits per heavy atom. The molecule has 0 unspecified atom stereocenters. The summed E-state index contributed by atoms with van der Waals surface area (Å²) >= 11 is 0. The first-order chi connectivity index (χ1) is 13.2. The van der Waals surface area contributed by atoms with Gasteiger partial charge in [0.15, 0.2) is 5.69 Å². The second-order valence-corrected chi connectivity index (χ2v) is 7.75. The zero-order chi connectivity index (χ0) is 18.4. The highest BCUT2D eigenvalue weighted by molar-refractivity contribution is 5.92. The lowest BCUT2D eigenvalue weighted by molar-refractivity contribution is 0.0692. The van der Waals surface area contributed by atoms with E-state index >= 15 is 0 Å². The van der Waals surface area contributed by atoms with Gasteiger partial charge in [-0.25, -0.2) is 4.98 Å². The van der Waals surface area contributed by atoms with E-state index in [-0.39, 0.29) is 11.5 Å². The molecule has 142 valence electrons. The molecule has 0 bridgehead atoms. The molecule has 8 nitrogen and oxygen atoms in total. The lowest BCUT2D eigenvalue weighted by Crippen LogP contribution is -2.43. The summed E-state index contributed by atoms with van der Waals surface area (Å²) in [7, 11) is 0. The lowest BCUT2D eigenvalue weighted by atomic mass is 10.2. The fourth-order valence-corrected chi connectivity index (χ4v) is 3.97. The Bertz CT molecular complexity index is 924. The SMILES string of the molecule is O=C(c1cc(C2CC2)on1)N1CCn2c(nc(CN3CCCC3)cc2=O)C1. The molecule has 2 aromatic rings. The lowest BCUT2D eigenvalue weighted by Gasteiger charge is -2.29. The highest BCUT2D eigenvalue weighted by atomic mass is 16.5. The minimum Gasteiger partial charge on any atom is -0.360 e. The van der Waals surface area contributed by atoms with Gasteiger partial charge in [0.2, 0.25) is 0 Å². The van der Waals surface area contributed by atoms with Gasteiger partial charge in [-0.2, -0.15) is 0 Å². The smallest absolute Gasteiger partial charge is 0.276 e. The second-order valence-electron chi connectivity index (χ2n) is 7.75. The van der Waals surface area contributed by atoms with Crippen LogP contribution in [0.4, 0.5) is 0 Å². The molecule has 0 N–H and O–H groups in total. The van der Waals surface area contributed by atoms with Crippen molar-refractivity contribution in [3.05, 3.63) is 45.5 Å². The fourth-order valence-electron chi connectivity index (χ4n) is 3.97. The quantitative estimate of drug-likeness (QED) is 0.809. The molecule has 1 saturated heterocycles. The monoisotopic (exact) mass is 369 g/mol. The fraction of sp³-hybridized carbons (Fsp3) is 0.579. The number of aromatic nitrogens is 3. The van der Waals surface area contributed by atoms with Crippen LogP contribution in [0.3, 0.4) is 0 Å². The van der Waals surface area contributed by atoms with E-state index in [1.54, 1.807) is 21.6 Å². The van der Waals surface area contributed by atoms with Crippen LogP contribution in [0.25, 0.3) is 0 Å². The topological polar surface area (TPSA) is 84.5 Å². The van der Waals surface area contributed by atoms with Crippen LogP contribution in [0.15, 0.2) is 21.5 Å². The molecule has 1 amide bonds. The van der Waals surface area contributed by atoms with E-state index in [0.29, 0.717) is 43.6 Å². The zero-order valence-electron chi connectivity index (χ0n) is 15.3. The molecule has 27 heavy (non-hydrogen) atoms. The first kappa shape index (κ1) is 16.7. The molecule has 2 fully saturated rings. The number of fused-ring (bicyclic) bond motifs is 1. The first-order valence-corrected chi connectivity index (χ1v) is 9.75. The van der Waals surface area contributed by atoms with E-state index in [9.17, 15) is 9.59 Å². The molecule has 4 heterocycles. The van der Waals surface area contributed by atoms with Crippen molar-refractivity contribution in [2.75, 3.05) is 19.6 Å². The van der Waals surface area contributed by atoms with Crippen molar-refractivity contribution in [1.82, 2.24) is 24.5 Å². The van der Waals surface area contributed by atoms with Crippen LogP contribution in [-0.4, -0.2) is 50.0 Å². The molecular formula is C19H23N5O3. The number of likely N-dealkylation sites (tertiary alicyclic amines) is 1. The Morgan fingerprint density at radius 3 is 2.74 bits per heavy atom. The van der Waals surface area contributed by atoms with E-state index in [2.05, 4.69) is 10.1 Å². The van der Waals surface area contributed by atoms with E-state index in [4.69, 9.17) is 9.51 Å². The molecule has 8 heteroatoms. The third kappa shape index (κ3) is 3.29. The zero-order valence-corrected chi connectivity index (χ0v) is 15.3. The van der Waals surface area contributed by atoms with E-state index in [1.807, 2.05) is 0 Å². The summed E-state index contributed by atoms with van der Waals surface area (Å²) in [5.74, 6) is 1.73. The maximum atomic E-state index is 12.8. The van der Waals surface area contributed by atoms with Gasteiger partial charge in [0, 0.05) is 37.7 Å². The van der Waals surface area contributed by atoms with E-state index in [1.165, 1.54) is 12.8 Å². The van der Waals surface area contributed by atoms with Gasteiger partial charge < -0.3 is 9.42 Å². The van der Waals surface area contributed by atoms with Crippen molar-refractivity contribution in [1.29, 1.82) is 0 Å². The van der Waals surface area contributed by atoms with Gasteiger partial charge >= 0.3 is 0 Å². The third-order valence-corrected chi connectivity index (χ3v) is 5.66. The molecule has 5 rings (SSSR count). The van der Waals surface area contributed by atoms with Gasteiger partial charge in [-0.3, -0.25) is 19.1 Å². The number of hydrogen-bond acceptors (Lipinski definition) is 6. The number of amides is 1. The van der Waals surface area contributed by atoms with E-state index in [0.717, 1.165) is 37.4 Å². The maximum Gasteiger partial charge on any atom is 0.276 e. The number of nitrogens with zero attached hydrogens (tertiary/aromatic N) is 5. The number of carbonyl (C=O) groups is 1. The minimum absolute atomic E-state index is 0.0289. The highest BCUT2D eigenvalue weighted by Gasteiger charge is 2.31. The van der Waals surface area contributed by atoms with Gasteiger partial charge in [0.1, 0.15) is 11.6 Å². The summed E-state index contributed by atoms with van der Waals surface area (Å²) in [6.45, 7) is 4.08. The second kappa shape index (κ2) is 6.60. The van der Waals surface area contributed by atoms with Gasteiger partial charge in [-0.05, 0) is 38.8 Å². The molecule has 0 atom stereocenters. The van der Waals surface area contributed by atoms with Crippen LogP contribution in [0.2, 0.25) is 0 Å². The van der Waals surface area contributed by atoms with Crippen LogP contribution in [0.1, 0.15) is 59.4 Å². The average molecular weight is 369 g/mol. The van der Waals surface area contributed by atoms with Crippen molar-refractivity contribution in [3.63, 3.8) is 0 Å². The summed E-state index contributed by atoms with van der Waals surface area (Å²) in [4.78, 5) is 34.0. The molecule has 0 radical (unpaired) electrons. The summed E-state index contributed by atoms with van der Waals surface area (Å²) in [6, 6.07) is 3.40. The van der Waals surface area contributed by atoms with Gasteiger partial charge in [-0.15, -0.1) is 0 Å². The van der Waals surface area contributed by atoms with Crippen molar-refractivity contribution in [2.24, 2.45) is 0 Å². The normalized spacial score (nSPS) is 20.1. The van der Waals surface area contributed by atoms with Crippen LogP contribution in [0, 0.1) is 0 Å². The summed E-state index contributed by atoms with van der Waals surface area (Å²) < 4.78 is 6.99. The Labute approximate surface area is 156 Å². The van der Waals surface area contributed by atoms with Crippen LogP contribution < -0.4 is 5.56 Å². The standard InChI is InChI=1S/C19H23N5O3/c25-18-9-14(11-22-5-1-2-6-22)20-17-12-23(7-8-24(17)18)19(26)15-10-16(27-21-15)13-3-4-13/h9-10,13H,1-8,11-12H2. The number of carbonyl (C=O) groups excluding carboxylic acids is 1. The van der Waals surface area contributed by atoms with Gasteiger partial charge in [0.25, 0.3) is 11.5 Å². The Balaban J connectivity index is 1.34. The molecule has 3 aliphatic rings. The number of hydrogen-bond donors (Lipinski definition) is 0. The van der Waals surface area contributed by atoms with Gasteiger partial charge in [-0.1, -0.05) is 5.16 Å². The van der Waals surface area contributed by atoms with Crippen LogP contribution >= 0.6 is 0 Å². The highest BCUT2D eigenvalue weighted by Crippen LogP contribution is 2.40. The average Bonchev–Trinajstić information content (AvgIpc) is 3.17. The summed E-state index contributed by atoms with van der Waals surface area (Å²) in [5, 5.41) is 3.95. The molecular weight excluding hydrogens is 346 g/mol. The van der Waals surface area contributed by atoms with E-state index < -0.39 is 0 Å². The third-order valence-electron chi connectivity index (χ3n) is 5.66. The van der Waals surface area contributed by atoms with Crippen molar-refractivity contribution in [3.8, 4) is 0 Å². The maximum absolute atomic E-state index is 12.8. The molecule has 1 aliphatic carbocycles. The molecule has 2 aliphatic heterocycles. The summed E-state index contributed by atoms with van der Waals surface area (Å²) in [5.41, 5.74) is 1.11. The van der Waals surface area contributed by atoms with Crippen molar-refractivity contribution < 1.29 is 9.32 Å². The predicted molar refractivity (Wildman–Crippen MR) is 96.2 cm³/mol. The van der Waals surface area contributed by atoms with Crippen molar-refractivity contribution in [2.45, 2.75) is 51.2 Å². The van der Waals surface area contributed by atoms with Gasteiger partial charge in [0.05, 0.1) is 12.2 Å². The largest absolute Gasteiger partial charge is 0.360 e. The summed E-state index contributed by atoms with van der Waals surface area (Å²) in [6.07, 6.45) is 4.61. The minimum atomic E-state index is -0.156. The van der Waals surface area contributed by atoms with Crippen molar-refractivity contribution >= 4 is 5.91 Å². The predicted octanol–water partition coefficient (Wildman–Crippen LogP) is 1.36. The molecule has 0 spiro atoms. The molecule has 1 saturated carbocycles. The van der Waals surface area contributed by atoms with Crippen LogP contribution in [-0.2, 0) is 19.6 Å². The number of rotatable bonds is 4. The Morgan fingerprint density at radius 2 is 1.96 bits per heavy atom. The first-order valence-electron chi connectivity index (χ1n) is 9.75. The molecule has 0 aromatic carbocycles.